The van der Waals surface area contributed by atoms with Crippen LogP contribution in [0.2, 0.25) is 0 Å². The summed E-state index contributed by atoms with van der Waals surface area (Å²) in [6, 6.07) is 0. The van der Waals surface area contributed by atoms with Crippen LogP contribution in [-0.2, 0) is 19.2 Å². The van der Waals surface area contributed by atoms with Gasteiger partial charge in [0.2, 0.25) is 0 Å². The highest BCUT2D eigenvalue weighted by Gasteiger charge is 2.50. The second-order valence-electron chi connectivity index (χ2n) is 6.06. The molecule has 0 aromatic carbocycles. The Balaban J connectivity index is 5.27. The van der Waals surface area contributed by atoms with Crippen molar-refractivity contribution in [2.75, 3.05) is 11.5 Å². The molecule has 0 aliphatic carbocycles. The van der Waals surface area contributed by atoms with Gasteiger partial charge in [-0.15, -0.1) is 23.5 Å². The molecule has 0 radical (unpaired) electrons. The molecule has 28 heavy (non-hydrogen) atoms. The number of hydrogen-bond donors (Lipinski definition) is 0. The number of halogens is 6. The lowest BCUT2D eigenvalue weighted by Crippen LogP contribution is -2.42. The predicted molar refractivity (Wildman–Crippen MR) is 94.3 cm³/mol. The van der Waals surface area contributed by atoms with Gasteiger partial charge in [-0.1, -0.05) is 0 Å². The fraction of sp³-hybridized carbons (Fsp3) is 0.750. The second-order valence-corrected chi connectivity index (χ2v) is 8.56. The number of thioether (sulfide) groups is 2. The van der Waals surface area contributed by atoms with Gasteiger partial charge in [-0.25, -0.2) is 0 Å². The highest BCUT2D eigenvalue weighted by Crippen LogP contribution is 2.40. The SMILES string of the molecule is CC(=O)C(C(C)=O)C(SCCSC(C(C(C)=O)C(C)=O)C(F)(F)F)C(F)(F)F. The van der Waals surface area contributed by atoms with Crippen molar-refractivity contribution in [3.63, 3.8) is 0 Å². The van der Waals surface area contributed by atoms with Crippen molar-refractivity contribution in [3.05, 3.63) is 0 Å². The quantitative estimate of drug-likeness (QED) is 0.268. The first kappa shape index (κ1) is 27.0. The molecule has 0 spiro atoms. The summed E-state index contributed by atoms with van der Waals surface area (Å²) in [5, 5.41) is -4.77. The molecule has 0 aromatic heterocycles. The Bertz CT molecular complexity index is 523. The summed E-state index contributed by atoms with van der Waals surface area (Å²) in [6.07, 6.45) is -9.83. The summed E-state index contributed by atoms with van der Waals surface area (Å²) in [5.41, 5.74) is 0. The average Bonchev–Trinajstić information content (AvgIpc) is 2.44. The van der Waals surface area contributed by atoms with Crippen molar-refractivity contribution in [1.82, 2.24) is 0 Å². The Morgan fingerprint density at radius 3 is 0.964 bits per heavy atom. The van der Waals surface area contributed by atoms with Crippen molar-refractivity contribution in [3.8, 4) is 0 Å². The summed E-state index contributed by atoms with van der Waals surface area (Å²) >= 11 is 0.299. The number of hydrogen-bond acceptors (Lipinski definition) is 6. The Labute approximate surface area is 166 Å². The molecule has 12 heteroatoms. The van der Waals surface area contributed by atoms with Crippen molar-refractivity contribution in [2.24, 2.45) is 11.8 Å². The van der Waals surface area contributed by atoms with E-state index in [1.54, 1.807) is 0 Å². The highest BCUT2D eigenvalue weighted by molar-refractivity contribution is 8.03. The Kier molecular flexibility index (Phi) is 10.3. The van der Waals surface area contributed by atoms with E-state index in [0.717, 1.165) is 27.7 Å². The van der Waals surface area contributed by atoms with Crippen LogP contribution < -0.4 is 0 Å². The van der Waals surface area contributed by atoms with E-state index in [1.165, 1.54) is 0 Å². The van der Waals surface area contributed by atoms with Gasteiger partial charge in [0.05, 0.1) is 11.8 Å². The maximum absolute atomic E-state index is 13.2. The summed E-state index contributed by atoms with van der Waals surface area (Å²) in [7, 11) is 0. The van der Waals surface area contributed by atoms with E-state index < -0.39 is 69.3 Å². The van der Waals surface area contributed by atoms with E-state index in [2.05, 4.69) is 0 Å². The lowest BCUT2D eigenvalue weighted by Gasteiger charge is -2.27. The third-order valence-corrected chi connectivity index (χ3v) is 6.62. The molecule has 4 nitrogen and oxygen atoms in total. The average molecular weight is 454 g/mol. The number of ketones is 4. The maximum Gasteiger partial charge on any atom is 0.401 e. The topological polar surface area (TPSA) is 68.3 Å². The van der Waals surface area contributed by atoms with Crippen molar-refractivity contribution in [2.45, 2.75) is 50.5 Å². The van der Waals surface area contributed by atoms with Gasteiger partial charge >= 0.3 is 12.4 Å². The molecule has 0 aliphatic rings. The lowest BCUT2D eigenvalue weighted by molar-refractivity contribution is -0.154. The first-order chi connectivity index (χ1) is 12.5. The normalized spacial score (nSPS) is 14.9. The van der Waals surface area contributed by atoms with Crippen LogP contribution in [0.15, 0.2) is 0 Å². The number of alkyl halides is 6. The van der Waals surface area contributed by atoms with Gasteiger partial charge in [0, 0.05) is 11.5 Å². The van der Waals surface area contributed by atoms with Crippen LogP contribution in [0.4, 0.5) is 26.3 Å². The summed E-state index contributed by atoms with van der Waals surface area (Å²) in [5.74, 6) is -8.80. The molecule has 0 amide bonds. The monoisotopic (exact) mass is 454 g/mol. The summed E-state index contributed by atoms with van der Waals surface area (Å²) < 4.78 is 79.2. The van der Waals surface area contributed by atoms with Crippen LogP contribution in [0.25, 0.3) is 0 Å². The van der Waals surface area contributed by atoms with Gasteiger partial charge in [-0.2, -0.15) is 26.3 Å². The van der Waals surface area contributed by atoms with E-state index in [-0.39, 0.29) is 23.5 Å². The molecule has 2 atom stereocenters. The van der Waals surface area contributed by atoms with Gasteiger partial charge in [-0.3, -0.25) is 19.2 Å². The minimum Gasteiger partial charge on any atom is -0.299 e. The Morgan fingerprint density at radius 1 is 0.607 bits per heavy atom. The van der Waals surface area contributed by atoms with E-state index in [0.29, 0.717) is 0 Å². The molecule has 0 rings (SSSR count). The van der Waals surface area contributed by atoms with E-state index in [9.17, 15) is 45.5 Å². The zero-order valence-electron chi connectivity index (χ0n) is 15.4. The minimum atomic E-state index is -4.91. The molecule has 162 valence electrons. The number of Topliss-reactive ketones (excluding diaryl/α,β-unsaturated/α-hetero) is 4. The molecule has 0 heterocycles. The molecular weight excluding hydrogens is 434 g/mol. The van der Waals surface area contributed by atoms with Gasteiger partial charge < -0.3 is 0 Å². The van der Waals surface area contributed by atoms with Gasteiger partial charge in [-0.05, 0) is 27.7 Å². The van der Waals surface area contributed by atoms with Crippen LogP contribution in [0.5, 0.6) is 0 Å². The fourth-order valence-corrected chi connectivity index (χ4v) is 5.34. The molecule has 0 bridgehead atoms. The zero-order valence-corrected chi connectivity index (χ0v) is 17.1. The number of carbonyl (C=O) groups excluding carboxylic acids is 4. The van der Waals surface area contributed by atoms with Crippen molar-refractivity contribution >= 4 is 46.7 Å². The van der Waals surface area contributed by atoms with E-state index in [1.807, 2.05) is 0 Å². The van der Waals surface area contributed by atoms with E-state index >= 15 is 0 Å². The van der Waals surface area contributed by atoms with Crippen LogP contribution in [-0.4, -0.2) is 57.5 Å². The first-order valence-corrected chi connectivity index (χ1v) is 10.00. The standard InChI is InChI=1S/C16H20F6O4S2/c1-7(23)11(8(2)24)13(15(17,18)19)27-5-6-28-14(16(20,21)22)12(9(3)25)10(4)26/h11-14H,5-6H2,1-4H3. The second kappa shape index (κ2) is 10.7. The maximum atomic E-state index is 13.2. The van der Waals surface area contributed by atoms with Gasteiger partial charge in [0.25, 0.3) is 0 Å². The summed E-state index contributed by atoms with van der Waals surface area (Å²) in [6.45, 7) is 3.35. The molecule has 0 saturated heterocycles. The first-order valence-electron chi connectivity index (χ1n) is 7.90. The lowest BCUT2D eigenvalue weighted by atomic mass is 9.96. The van der Waals surface area contributed by atoms with Crippen molar-refractivity contribution < 1.29 is 45.5 Å². The molecule has 0 fully saturated rings. The van der Waals surface area contributed by atoms with Crippen molar-refractivity contribution in [1.29, 1.82) is 0 Å². The van der Waals surface area contributed by atoms with Gasteiger partial charge in [0.15, 0.2) is 0 Å². The molecular formula is C16H20F6O4S2. The molecule has 0 aliphatic heterocycles. The Hall–Kier alpha value is -1.04. The number of carbonyl (C=O) groups is 4. The van der Waals surface area contributed by atoms with Crippen LogP contribution >= 0.6 is 23.5 Å². The molecule has 2 unspecified atom stereocenters. The third kappa shape index (κ3) is 8.14. The van der Waals surface area contributed by atoms with Crippen LogP contribution in [0, 0.1) is 11.8 Å². The van der Waals surface area contributed by atoms with Crippen LogP contribution in [0.1, 0.15) is 27.7 Å². The minimum absolute atomic E-state index is 0.150. The van der Waals surface area contributed by atoms with Gasteiger partial charge in [0.1, 0.15) is 33.6 Å². The smallest absolute Gasteiger partial charge is 0.299 e. The van der Waals surface area contributed by atoms with Crippen LogP contribution in [0.3, 0.4) is 0 Å². The Morgan fingerprint density at radius 2 is 0.821 bits per heavy atom. The highest BCUT2D eigenvalue weighted by atomic mass is 32.2. The third-order valence-electron chi connectivity index (χ3n) is 3.68. The molecule has 0 N–H and O–H groups in total. The molecule has 0 aromatic rings. The van der Waals surface area contributed by atoms with E-state index in [4.69, 9.17) is 0 Å². The fourth-order valence-electron chi connectivity index (χ4n) is 2.53. The molecule has 0 saturated carbocycles. The predicted octanol–water partition coefficient (Wildman–Crippen LogP) is 3.90. The number of rotatable bonds is 11. The zero-order chi connectivity index (χ0) is 22.4. The largest absolute Gasteiger partial charge is 0.401 e. The summed E-state index contributed by atoms with van der Waals surface area (Å²) in [4.78, 5) is 45.7.